The average molecular weight is 350 g/mol. The molecule has 1 saturated carbocycles. The lowest BCUT2D eigenvalue weighted by atomic mass is 10.1. The third kappa shape index (κ3) is 2.70. The standard InChI is InChI=1S/C18H22N8/c1-12-15(20-8-7-19-12)11-24(2)14-9-25(10-14)17-6-5-16-21-22-18(13-3-4-13)26(16)23-17/h5-8,13-14H,3-4,9-11H2,1-2H3. The van der Waals surface area contributed by atoms with Gasteiger partial charge in [-0.1, -0.05) is 0 Å². The highest BCUT2D eigenvalue weighted by Gasteiger charge is 2.33. The highest BCUT2D eigenvalue weighted by molar-refractivity contribution is 5.48. The number of aromatic nitrogens is 6. The van der Waals surface area contributed by atoms with E-state index in [-0.39, 0.29) is 0 Å². The monoisotopic (exact) mass is 350 g/mol. The Morgan fingerprint density at radius 3 is 2.69 bits per heavy atom. The SMILES string of the molecule is Cc1nccnc1CN(C)C1CN(c2ccc3nnc(C4CC4)n3n2)C1. The summed E-state index contributed by atoms with van der Waals surface area (Å²) in [4.78, 5) is 13.4. The van der Waals surface area contributed by atoms with Crippen LogP contribution in [0, 0.1) is 6.92 Å². The van der Waals surface area contributed by atoms with Crippen LogP contribution in [-0.4, -0.2) is 60.9 Å². The Labute approximate surface area is 151 Å². The molecule has 26 heavy (non-hydrogen) atoms. The molecule has 1 aliphatic carbocycles. The van der Waals surface area contributed by atoms with Gasteiger partial charge in [-0.05, 0) is 38.9 Å². The summed E-state index contributed by atoms with van der Waals surface area (Å²) in [7, 11) is 2.15. The molecular weight excluding hydrogens is 328 g/mol. The van der Waals surface area contributed by atoms with Gasteiger partial charge in [-0.2, -0.15) is 4.52 Å². The number of hydrogen-bond acceptors (Lipinski definition) is 7. The van der Waals surface area contributed by atoms with Crippen molar-refractivity contribution in [3.63, 3.8) is 0 Å². The largest absolute Gasteiger partial charge is 0.352 e. The van der Waals surface area contributed by atoms with Gasteiger partial charge in [0.2, 0.25) is 0 Å². The third-order valence-electron chi connectivity index (χ3n) is 5.41. The van der Waals surface area contributed by atoms with Crippen LogP contribution in [0.3, 0.4) is 0 Å². The lowest BCUT2D eigenvalue weighted by molar-refractivity contribution is 0.194. The van der Waals surface area contributed by atoms with Crippen molar-refractivity contribution in [2.24, 2.45) is 0 Å². The first-order chi connectivity index (χ1) is 12.7. The summed E-state index contributed by atoms with van der Waals surface area (Å²) in [5.74, 6) is 2.55. The van der Waals surface area contributed by atoms with Crippen molar-refractivity contribution in [1.29, 1.82) is 0 Å². The number of anilines is 1. The molecule has 3 aromatic heterocycles. The molecule has 3 aromatic rings. The smallest absolute Gasteiger partial charge is 0.178 e. The van der Waals surface area contributed by atoms with E-state index in [2.05, 4.69) is 37.0 Å². The second-order valence-corrected chi connectivity index (χ2v) is 7.36. The Morgan fingerprint density at radius 1 is 1.12 bits per heavy atom. The zero-order valence-corrected chi connectivity index (χ0v) is 15.1. The average Bonchev–Trinajstić information content (AvgIpc) is 3.35. The van der Waals surface area contributed by atoms with Crippen molar-refractivity contribution in [2.75, 3.05) is 25.0 Å². The van der Waals surface area contributed by atoms with Crippen LogP contribution in [0.1, 0.15) is 36.0 Å². The van der Waals surface area contributed by atoms with Crippen LogP contribution in [0.25, 0.3) is 5.65 Å². The van der Waals surface area contributed by atoms with Crippen LogP contribution in [0.4, 0.5) is 5.82 Å². The van der Waals surface area contributed by atoms with Crippen LogP contribution in [0.5, 0.6) is 0 Å². The van der Waals surface area contributed by atoms with E-state index in [9.17, 15) is 0 Å². The summed E-state index contributed by atoms with van der Waals surface area (Å²) in [5, 5.41) is 13.3. The van der Waals surface area contributed by atoms with Gasteiger partial charge in [0.25, 0.3) is 0 Å². The topological polar surface area (TPSA) is 75.3 Å². The molecule has 8 heteroatoms. The molecule has 0 radical (unpaired) electrons. The van der Waals surface area contributed by atoms with E-state index in [1.165, 1.54) is 12.8 Å². The number of fused-ring (bicyclic) bond motifs is 1. The molecule has 0 atom stereocenters. The van der Waals surface area contributed by atoms with Crippen LogP contribution in [0.15, 0.2) is 24.5 Å². The molecule has 0 N–H and O–H groups in total. The second-order valence-electron chi connectivity index (χ2n) is 7.36. The molecule has 4 heterocycles. The van der Waals surface area contributed by atoms with E-state index in [0.717, 1.165) is 48.3 Å². The Morgan fingerprint density at radius 2 is 1.92 bits per heavy atom. The molecule has 134 valence electrons. The maximum absolute atomic E-state index is 4.79. The fourth-order valence-electron chi connectivity index (χ4n) is 3.44. The minimum absolute atomic E-state index is 0.498. The van der Waals surface area contributed by atoms with Crippen molar-refractivity contribution in [3.8, 4) is 0 Å². The predicted molar refractivity (Wildman–Crippen MR) is 97.0 cm³/mol. The molecule has 1 aliphatic heterocycles. The molecule has 2 aliphatic rings. The quantitative estimate of drug-likeness (QED) is 0.689. The molecule has 0 unspecified atom stereocenters. The van der Waals surface area contributed by atoms with Gasteiger partial charge < -0.3 is 4.90 Å². The molecule has 0 aromatic carbocycles. The van der Waals surface area contributed by atoms with E-state index >= 15 is 0 Å². The fraction of sp³-hybridized carbons (Fsp3) is 0.500. The zero-order chi connectivity index (χ0) is 17.7. The molecule has 0 amide bonds. The minimum atomic E-state index is 0.498. The summed E-state index contributed by atoms with van der Waals surface area (Å²) in [6.45, 7) is 4.77. The highest BCUT2D eigenvalue weighted by atomic mass is 15.4. The Kier molecular flexibility index (Phi) is 3.59. The van der Waals surface area contributed by atoms with Gasteiger partial charge in [0.15, 0.2) is 11.5 Å². The zero-order valence-electron chi connectivity index (χ0n) is 15.1. The summed E-state index contributed by atoms with van der Waals surface area (Å²) < 4.78 is 1.92. The normalized spacial score (nSPS) is 17.9. The first-order valence-electron chi connectivity index (χ1n) is 9.13. The van der Waals surface area contributed by atoms with Gasteiger partial charge in [-0.25, -0.2) is 0 Å². The summed E-state index contributed by atoms with van der Waals surface area (Å²) in [6.07, 6.45) is 5.90. The Balaban J connectivity index is 1.27. The first kappa shape index (κ1) is 15.6. The van der Waals surface area contributed by atoms with Gasteiger partial charge >= 0.3 is 0 Å². The first-order valence-corrected chi connectivity index (χ1v) is 9.13. The number of likely N-dealkylation sites (N-methyl/N-ethyl adjacent to an activating group) is 1. The molecule has 0 bridgehead atoms. The fourth-order valence-corrected chi connectivity index (χ4v) is 3.44. The number of hydrogen-bond donors (Lipinski definition) is 0. The lowest BCUT2D eigenvalue weighted by Gasteiger charge is -2.44. The summed E-state index contributed by atoms with van der Waals surface area (Å²) in [5.41, 5.74) is 2.89. The van der Waals surface area contributed by atoms with Gasteiger partial charge in [0.1, 0.15) is 5.82 Å². The maximum atomic E-state index is 4.79. The maximum Gasteiger partial charge on any atom is 0.178 e. The lowest BCUT2D eigenvalue weighted by Crippen LogP contribution is -2.58. The molecule has 1 saturated heterocycles. The Bertz CT molecular complexity index is 941. The second kappa shape index (κ2) is 5.98. The third-order valence-corrected chi connectivity index (χ3v) is 5.41. The van der Waals surface area contributed by atoms with Crippen LogP contribution < -0.4 is 4.90 Å². The van der Waals surface area contributed by atoms with Crippen LogP contribution >= 0.6 is 0 Å². The van der Waals surface area contributed by atoms with E-state index < -0.39 is 0 Å². The van der Waals surface area contributed by atoms with Crippen molar-refractivity contribution in [3.05, 3.63) is 41.7 Å². The van der Waals surface area contributed by atoms with E-state index in [4.69, 9.17) is 5.10 Å². The number of aryl methyl sites for hydroxylation is 1. The van der Waals surface area contributed by atoms with Crippen molar-refractivity contribution in [1.82, 2.24) is 34.7 Å². The van der Waals surface area contributed by atoms with Gasteiger partial charge in [-0.3, -0.25) is 14.9 Å². The Hall–Kier alpha value is -2.61. The van der Waals surface area contributed by atoms with Gasteiger partial charge in [0, 0.05) is 44.0 Å². The predicted octanol–water partition coefficient (Wildman–Crippen LogP) is 1.42. The number of nitrogens with zero attached hydrogens (tertiary/aromatic N) is 8. The van der Waals surface area contributed by atoms with E-state index in [1.807, 2.05) is 23.6 Å². The molecule has 8 nitrogen and oxygen atoms in total. The van der Waals surface area contributed by atoms with Crippen LogP contribution in [0.2, 0.25) is 0 Å². The summed E-state index contributed by atoms with van der Waals surface area (Å²) >= 11 is 0. The molecular formula is C18H22N8. The minimum Gasteiger partial charge on any atom is -0.352 e. The van der Waals surface area contributed by atoms with Crippen molar-refractivity contribution < 1.29 is 0 Å². The van der Waals surface area contributed by atoms with Gasteiger partial charge in [0.05, 0.1) is 11.4 Å². The molecule has 5 rings (SSSR count). The van der Waals surface area contributed by atoms with E-state index in [0.29, 0.717) is 12.0 Å². The van der Waals surface area contributed by atoms with Crippen LogP contribution in [-0.2, 0) is 6.54 Å². The number of rotatable bonds is 5. The highest BCUT2D eigenvalue weighted by Crippen LogP contribution is 2.38. The van der Waals surface area contributed by atoms with E-state index in [1.54, 1.807) is 12.4 Å². The molecule has 0 spiro atoms. The van der Waals surface area contributed by atoms with Crippen molar-refractivity contribution >= 4 is 11.5 Å². The molecule has 2 fully saturated rings. The van der Waals surface area contributed by atoms with Gasteiger partial charge in [-0.15, -0.1) is 15.3 Å². The summed E-state index contributed by atoms with van der Waals surface area (Å²) in [6, 6.07) is 4.56. The van der Waals surface area contributed by atoms with Crippen molar-refractivity contribution in [2.45, 2.75) is 38.3 Å².